The molecule has 0 fully saturated rings. The Bertz CT molecular complexity index is 1010. The van der Waals surface area contributed by atoms with Crippen LogP contribution in [0, 0.1) is 0 Å². The number of nitrogens with zero attached hydrogens (tertiary/aromatic N) is 3. The molecule has 0 aromatic heterocycles. The third-order valence-electron chi connectivity index (χ3n) is 4.39. The second-order valence-electron chi connectivity index (χ2n) is 6.84. The number of ketones is 1. The molecule has 184 valence electrons. The summed E-state index contributed by atoms with van der Waals surface area (Å²) in [4.78, 5) is 25.5. The highest BCUT2D eigenvalue weighted by Crippen LogP contribution is 2.35. The van der Waals surface area contributed by atoms with E-state index in [0.29, 0.717) is 55.1 Å². The van der Waals surface area contributed by atoms with Crippen LogP contribution < -0.4 is 23.4 Å². The van der Waals surface area contributed by atoms with Gasteiger partial charge >= 0.3 is 0 Å². The van der Waals surface area contributed by atoms with Crippen molar-refractivity contribution >= 4 is 34.8 Å². The van der Waals surface area contributed by atoms with Crippen LogP contribution in [0.3, 0.4) is 0 Å². The molecule has 1 unspecified atom stereocenters. The minimum absolute atomic E-state index is 0.231. The molecule has 9 nitrogen and oxygen atoms in total. The van der Waals surface area contributed by atoms with Crippen molar-refractivity contribution < 1.29 is 28.5 Å². The number of halogens is 1. The summed E-state index contributed by atoms with van der Waals surface area (Å²) >= 11 is 6.39. The van der Waals surface area contributed by atoms with Crippen molar-refractivity contribution in [1.29, 1.82) is 0 Å². The predicted molar refractivity (Wildman–Crippen MR) is 130 cm³/mol. The summed E-state index contributed by atoms with van der Waals surface area (Å²) in [5.41, 5.74) is 0.551. The minimum Gasteiger partial charge on any atom is -0.494 e. The van der Waals surface area contributed by atoms with Crippen LogP contribution in [0.1, 0.15) is 34.6 Å². The summed E-state index contributed by atoms with van der Waals surface area (Å²) in [6, 6.07) is 8.48. The number of hydrogen-bond acceptors (Lipinski definition) is 8. The normalized spacial score (nSPS) is 11.7. The van der Waals surface area contributed by atoms with Gasteiger partial charge in [-0.25, -0.2) is 4.42 Å². The van der Waals surface area contributed by atoms with Crippen molar-refractivity contribution in [2.24, 2.45) is 10.2 Å². The van der Waals surface area contributed by atoms with Gasteiger partial charge in [-0.05, 0) is 58.9 Å². The van der Waals surface area contributed by atoms with Crippen molar-refractivity contribution in [3.8, 4) is 23.0 Å². The fourth-order valence-electron chi connectivity index (χ4n) is 2.94. The molecule has 0 heterocycles. The third kappa shape index (κ3) is 7.08. The summed E-state index contributed by atoms with van der Waals surface area (Å²) in [6.07, 6.45) is 0. The Labute approximate surface area is 204 Å². The number of amides is 1. The number of anilines is 1. The van der Waals surface area contributed by atoms with Gasteiger partial charge in [0.05, 0.1) is 26.4 Å². The highest BCUT2D eigenvalue weighted by molar-refractivity contribution is 6.39. The Balaban J connectivity index is 2.40. The lowest BCUT2D eigenvalue weighted by atomic mass is 10.2. The molecule has 0 N–H and O–H groups in total. The first kappa shape index (κ1) is 26.9. The monoisotopic (exact) mass is 491 g/mol. The van der Waals surface area contributed by atoms with E-state index in [4.69, 9.17) is 30.7 Å². The smallest absolute Gasteiger partial charge is 0.276 e. The predicted octanol–water partition coefficient (Wildman–Crippen LogP) is 5.51. The topological polar surface area (TPSA) is 99.0 Å². The van der Waals surface area contributed by atoms with Crippen LogP contribution in [0.5, 0.6) is 23.0 Å². The van der Waals surface area contributed by atoms with E-state index in [1.165, 1.54) is 6.92 Å². The average molecular weight is 492 g/mol. The van der Waals surface area contributed by atoms with Gasteiger partial charge in [-0.3, -0.25) is 9.59 Å². The van der Waals surface area contributed by atoms with E-state index in [1.807, 2.05) is 20.8 Å². The molecule has 0 aliphatic heterocycles. The quantitative estimate of drug-likeness (QED) is 0.208. The van der Waals surface area contributed by atoms with Crippen molar-refractivity contribution in [1.82, 2.24) is 0 Å². The van der Waals surface area contributed by atoms with Crippen LogP contribution in [0.4, 0.5) is 11.4 Å². The van der Waals surface area contributed by atoms with Crippen molar-refractivity contribution in [3.63, 3.8) is 0 Å². The van der Waals surface area contributed by atoms with Gasteiger partial charge in [-0.2, -0.15) is 10.2 Å². The summed E-state index contributed by atoms with van der Waals surface area (Å²) in [5, 5.41) is 8.14. The van der Waals surface area contributed by atoms with E-state index >= 15 is 0 Å². The second-order valence-corrected chi connectivity index (χ2v) is 7.18. The number of rotatable bonds is 13. The fourth-order valence-corrected chi connectivity index (χ4v) is 3.17. The summed E-state index contributed by atoms with van der Waals surface area (Å²) in [5.74, 6) is 0.531. The van der Waals surface area contributed by atoms with E-state index in [1.54, 1.807) is 43.3 Å². The molecule has 0 saturated carbocycles. The van der Waals surface area contributed by atoms with Crippen LogP contribution in [0.2, 0.25) is 0 Å². The molecule has 0 bridgehead atoms. The SMILES string of the molecule is CCOc1ccc(OCC)c(N=NC(C(C)=O)C(=O)N(Cl)c2cc(OCC)ccc2OCC)c1. The Morgan fingerprint density at radius 1 is 0.853 bits per heavy atom. The molecule has 0 radical (unpaired) electrons. The molecule has 0 saturated heterocycles. The Hall–Kier alpha value is -3.33. The Morgan fingerprint density at radius 3 is 1.94 bits per heavy atom. The number of benzene rings is 2. The summed E-state index contributed by atoms with van der Waals surface area (Å²) < 4.78 is 23.0. The van der Waals surface area contributed by atoms with E-state index in [2.05, 4.69) is 10.2 Å². The van der Waals surface area contributed by atoms with Crippen LogP contribution >= 0.6 is 11.8 Å². The Kier molecular flexibility index (Phi) is 10.6. The molecule has 10 heteroatoms. The maximum atomic E-state index is 13.2. The van der Waals surface area contributed by atoms with Crippen LogP contribution in [-0.2, 0) is 9.59 Å². The molecule has 34 heavy (non-hydrogen) atoms. The van der Waals surface area contributed by atoms with Crippen molar-refractivity contribution in [3.05, 3.63) is 36.4 Å². The molecule has 2 rings (SSSR count). The number of hydrogen-bond donors (Lipinski definition) is 0. The first-order valence-electron chi connectivity index (χ1n) is 11.1. The van der Waals surface area contributed by atoms with Crippen LogP contribution in [-0.4, -0.2) is 44.2 Å². The van der Waals surface area contributed by atoms with Crippen LogP contribution in [0.15, 0.2) is 46.6 Å². The number of azo groups is 1. The molecular weight excluding hydrogens is 462 g/mol. The summed E-state index contributed by atoms with van der Waals surface area (Å²) in [6.45, 7) is 10.2. The molecule has 2 aromatic carbocycles. The zero-order chi connectivity index (χ0) is 25.1. The zero-order valence-electron chi connectivity index (χ0n) is 20.0. The number of carbonyl (C=O) groups excluding carboxylic acids is 2. The highest BCUT2D eigenvalue weighted by Gasteiger charge is 2.31. The van der Waals surface area contributed by atoms with Crippen molar-refractivity contribution in [2.45, 2.75) is 40.7 Å². The Morgan fingerprint density at radius 2 is 1.38 bits per heavy atom. The van der Waals surface area contributed by atoms with Gasteiger partial charge in [0.15, 0.2) is 5.78 Å². The minimum atomic E-state index is -1.48. The lowest BCUT2D eigenvalue weighted by molar-refractivity contribution is -0.126. The standard InChI is InChI=1S/C24H30ClN3O6/c1-6-31-17-10-12-21(33-8-3)19(14-17)26-27-23(16(5)29)24(30)28(25)20-15-18(32-7-2)11-13-22(20)34-9-4/h10-15,23H,6-9H2,1-5H3. The van der Waals surface area contributed by atoms with Gasteiger partial charge in [0.25, 0.3) is 5.91 Å². The fraction of sp³-hybridized carbons (Fsp3) is 0.417. The molecule has 1 amide bonds. The molecular formula is C24H30ClN3O6. The molecule has 1 atom stereocenters. The first-order valence-corrected chi connectivity index (χ1v) is 11.4. The largest absolute Gasteiger partial charge is 0.494 e. The maximum absolute atomic E-state index is 13.2. The van der Waals surface area contributed by atoms with Gasteiger partial charge in [-0.15, -0.1) is 0 Å². The average Bonchev–Trinajstić information content (AvgIpc) is 2.81. The molecule has 0 aliphatic carbocycles. The lowest BCUT2D eigenvalue weighted by Gasteiger charge is -2.20. The van der Waals surface area contributed by atoms with Gasteiger partial charge in [0.2, 0.25) is 6.04 Å². The number of Topliss-reactive ketones (excluding diaryl/α,β-unsaturated/α-hetero) is 1. The highest BCUT2D eigenvalue weighted by atomic mass is 35.5. The van der Waals surface area contributed by atoms with Gasteiger partial charge < -0.3 is 18.9 Å². The molecule has 0 aliphatic rings. The van der Waals surface area contributed by atoms with Gasteiger partial charge in [-0.1, -0.05) is 0 Å². The lowest BCUT2D eigenvalue weighted by Crippen LogP contribution is -2.36. The zero-order valence-corrected chi connectivity index (χ0v) is 20.8. The first-order chi connectivity index (χ1) is 16.4. The van der Waals surface area contributed by atoms with E-state index in [-0.39, 0.29) is 5.69 Å². The van der Waals surface area contributed by atoms with Crippen LogP contribution in [0.25, 0.3) is 0 Å². The second kappa shape index (κ2) is 13.4. The van der Waals surface area contributed by atoms with E-state index in [0.717, 1.165) is 4.42 Å². The number of ether oxygens (including phenoxy) is 4. The maximum Gasteiger partial charge on any atom is 0.276 e. The number of carbonyl (C=O) groups is 2. The summed E-state index contributed by atoms with van der Waals surface area (Å²) in [7, 11) is 0. The third-order valence-corrected chi connectivity index (χ3v) is 4.74. The molecule has 2 aromatic rings. The van der Waals surface area contributed by atoms with Crippen molar-refractivity contribution in [2.75, 3.05) is 30.8 Å². The van der Waals surface area contributed by atoms with E-state index < -0.39 is 17.7 Å². The van der Waals surface area contributed by atoms with E-state index in [9.17, 15) is 9.59 Å². The van der Waals surface area contributed by atoms with Gasteiger partial charge in [0.1, 0.15) is 34.4 Å². The van der Waals surface area contributed by atoms with Gasteiger partial charge in [0, 0.05) is 23.9 Å². The molecule has 0 spiro atoms.